The summed E-state index contributed by atoms with van der Waals surface area (Å²) < 4.78 is 36.0. The van der Waals surface area contributed by atoms with Gasteiger partial charge in [-0.25, -0.2) is 5.14 Å². The lowest BCUT2D eigenvalue weighted by Crippen LogP contribution is -2.56. The van der Waals surface area contributed by atoms with Gasteiger partial charge in [-0.15, -0.1) is 0 Å². The van der Waals surface area contributed by atoms with Crippen molar-refractivity contribution in [2.45, 2.75) is 32.2 Å². The number of hydrogen-bond donors (Lipinski definition) is 1. The molecule has 9 heteroatoms. The summed E-state index contributed by atoms with van der Waals surface area (Å²) in [5.41, 5.74) is 1.99. The summed E-state index contributed by atoms with van der Waals surface area (Å²) in [4.78, 5) is 6.77. The Bertz CT molecular complexity index is 1020. The second-order valence-electron chi connectivity index (χ2n) is 8.36. The molecule has 0 spiro atoms. The fourth-order valence-electron chi connectivity index (χ4n) is 4.20. The molecule has 0 radical (unpaired) electrons. The first-order valence-corrected chi connectivity index (χ1v) is 11.3. The van der Waals surface area contributed by atoms with E-state index in [1.165, 1.54) is 4.31 Å². The Labute approximate surface area is 171 Å². The van der Waals surface area contributed by atoms with Crippen LogP contribution < -0.4 is 19.5 Å². The van der Waals surface area contributed by atoms with Crippen LogP contribution in [0.5, 0.6) is 11.5 Å². The van der Waals surface area contributed by atoms with Crippen LogP contribution in [0.15, 0.2) is 24.4 Å². The SMILES string of the molecule is COc1cc2nccc(N3CC(C)(CCN(C4CC4)S(N)(=O)=O)C3)c2cc1OC. The minimum Gasteiger partial charge on any atom is -0.493 e. The van der Waals surface area contributed by atoms with Gasteiger partial charge in [0, 0.05) is 54.4 Å². The van der Waals surface area contributed by atoms with E-state index in [1.54, 1.807) is 20.4 Å². The van der Waals surface area contributed by atoms with Gasteiger partial charge in [-0.2, -0.15) is 12.7 Å². The molecule has 2 heterocycles. The number of aromatic nitrogens is 1. The molecule has 1 aromatic heterocycles. The van der Waals surface area contributed by atoms with Gasteiger partial charge >= 0.3 is 0 Å². The van der Waals surface area contributed by atoms with Crippen LogP contribution in [0.2, 0.25) is 0 Å². The van der Waals surface area contributed by atoms with Crippen LogP contribution in [0.3, 0.4) is 0 Å². The number of fused-ring (bicyclic) bond motifs is 1. The van der Waals surface area contributed by atoms with Crippen LogP contribution in [-0.2, 0) is 10.2 Å². The van der Waals surface area contributed by atoms with Crippen molar-refractivity contribution in [1.29, 1.82) is 0 Å². The van der Waals surface area contributed by atoms with Gasteiger partial charge in [0.15, 0.2) is 11.5 Å². The van der Waals surface area contributed by atoms with Crippen LogP contribution in [0.4, 0.5) is 5.69 Å². The van der Waals surface area contributed by atoms with Gasteiger partial charge in [0.2, 0.25) is 0 Å². The van der Waals surface area contributed by atoms with Crippen LogP contribution in [0, 0.1) is 5.41 Å². The summed E-state index contributed by atoms with van der Waals surface area (Å²) >= 11 is 0. The predicted octanol–water partition coefficient (Wildman–Crippen LogP) is 2.14. The van der Waals surface area contributed by atoms with Crippen LogP contribution in [-0.4, -0.2) is 57.6 Å². The highest BCUT2D eigenvalue weighted by Crippen LogP contribution is 2.42. The van der Waals surface area contributed by atoms with Crippen molar-refractivity contribution in [3.8, 4) is 11.5 Å². The Morgan fingerprint density at radius 3 is 2.48 bits per heavy atom. The fourth-order valence-corrected chi connectivity index (χ4v) is 5.17. The largest absolute Gasteiger partial charge is 0.493 e. The summed E-state index contributed by atoms with van der Waals surface area (Å²) in [5, 5.41) is 6.41. The lowest BCUT2D eigenvalue weighted by molar-refractivity contribution is 0.202. The lowest BCUT2D eigenvalue weighted by Gasteiger charge is -2.50. The number of hydrogen-bond acceptors (Lipinski definition) is 6. The predicted molar refractivity (Wildman–Crippen MR) is 113 cm³/mol. The first-order valence-electron chi connectivity index (χ1n) is 9.79. The molecule has 0 bridgehead atoms. The molecule has 2 fully saturated rings. The van der Waals surface area contributed by atoms with Gasteiger partial charge in [0.05, 0.1) is 19.7 Å². The molecule has 1 saturated heterocycles. The molecule has 1 saturated carbocycles. The van der Waals surface area contributed by atoms with E-state index in [0.29, 0.717) is 18.0 Å². The number of methoxy groups -OCH3 is 2. The standard InChI is InChI=1S/C20H28N4O4S/c1-20(7-9-24(14-4-5-14)29(21,25)26)12-23(13-20)17-6-8-22-16-11-19(28-3)18(27-2)10-15(16)17/h6,8,10-11,14H,4-5,7,9,12-13H2,1-3H3,(H2,21,25,26). The molecule has 2 N–H and O–H groups in total. The summed E-state index contributed by atoms with van der Waals surface area (Å²) in [7, 11) is -0.397. The molecule has 1 aliphatic heterocycles. The number of anilines is 1. The Morgan fingerprint density at radius 1 is 1.24 bits per heavy atom. The zero-order valence-corrected chi connectivity index (χ0v) is 17.9. The smallest absolute Gasteiger partial charge is 0.277 e. The van der Waals surface area contributed by atoms with E-state index < -0.39 is 10.2 Å². The molecular formula is C20H28N4O4S. The van der Waals surface area contributed by atoms with Crippen molar-refractivity contribution in [2.24, 2.45) is 10.6 Å². The normalized spacial score (nSPS) is 18.7. The zero-order chi connectivity index (χ0) is 20.8. The third-order valence-electron chi connectivity index (χ3n) is 5.93. The number of rotatable bonds is 8. The number of nitrogens with two attached hydrogens (primary N) is 1. The molecule has 4 rings (SSSR count). The van der Waals surface area contributed by atoms with E-state index >= 15 is 0 Å². The van der Waals surface area contributed by atoms with E-state index in [9.17, 15) is 8.42 Å². The number of ether oxygens (including phenoxy) is 2. The third kappa shape index (κ3) is 3.99. The maximum absolute atomic E-state index is 11.8. The number of pyridine rings is 1. The molecule has 158 valence electrons. The fraction of sp³-hybridized carbons (Fsp3) is 0.550. The Morgan fingerprint density at radius 2 is 1.90 bits per heavy atom. The molecule has 8 nitrogen and oxygen atoms in total. The van der Waals surface area contributed by atoms with Gasteiger partial charge in [0.1, 0.15) is 0 Å². The highest BCUT2D eigenvalue weighted by Gasteiger charge is 2.42. The van der Waals surface area contributed by atoms with Crippen molar-refractivity contribution in [3.05, 3.63) is 24.4 Å². The Balaban J connectivity index is 1.49. The molecule has 2 aromatic rings. The summed E-state index contributed by atoms with van der Waals surface area (Å²) in [6.45, 7) is 4.38. The van der Waals surface area contributed by atoms with E-state index in [2.05, 4.69) is 16.8 Å². The molecular weight excluding hydrogens is 392 g/mol. The summed E-state index contributed by atoms with van der Waals surface area (Å²) in [6.07, 6.45) is 4.41. The number of nitrogens with zero attached hydrogens (tertiary/aromatic N) is 3. The average molecular weight is 421 g/mol. The van der Waals surface area contributed by atoms with Gasteiger partial charge < -0.3 is 14.4 Å². The molecule has 0 unspecified atom stereocenters. The quantitative estimate of drug-likeness (QED) is 0.703. The topological polar surface area (TPSA) is 98.0 Å². The molecule has 0 atom stereocenters. The van der Waals surface area contributed by atoms with Crippen molar-refractivity contribution in [1.82, 2.24) is 9.29 Å². The van der Waals surface area contributed by atoms with Crippen LogP contribution >= 0.6 is 0 Å². The van der Waals surface area contributed by atoms with Crippen LogP contribution in [0.25, 0.3) is 10.9 Å². The Hall–Kier alpha value is -2.10. The zero-order valence-electron chi connectivity index (χ0n) is 17.1. The van der Waals surface area contributed by atoms with Crippen molar-refractivity contribution in [3.63, 3.8) is 0 Å². The molecule has 1 aromatic carbocycles. The van der Waals surface area contributed by atoms with Gasteiger partial charge in [0.25, 0.3) is 10.2 Å². The van der Waals surface area contributed by atoms with Crippen molar-refractivity contribution in [2.75, 3.05) is 38.8 Å². The maximum Gasteiger partial charge on any atom is 0.277 e. The minimum atomic E-state index is -3.63. The highest BCUT2D eigenvalue weighted by atomic mass is 32.2. The molecule has 1 aliphatic carbocycles. The second kappa shape index (κ2) is 7.30. The number of benzene rings is 1. The molecule has 0 amide bonds. The molecule has 29 heavy (non-hydrogen) atoms. The van der Waals surface area contributed by atoms with E-state index in [0.717, 1.165) is 48.9 Å². The summed E-state index contributed by atoms with van der Waals surface area (Å²) in [5.74, 6) is 1.33. The maximum atomic E-state index is 11.8. The average Bonchev–Trinajstić information content (AvgIpc) is 3.48. The Kier molecular flexibility index (Phi) is 5.08. The second-order valence-corrected chi connectivity index (χ2v) is 9.86. The highest BCUT2D eigenvalue weighted by molar-refractivity contribution is 7.86. The first kappa shape index (κ1) is 20.2. The summed E-state index contributed by atoms with van der Waals surface area (Å²) in [6, 6.07) is 5.95. The minimum absolute atomic E-state index is 0.0456. The van der Waals surface area contributed by atoms with Crippen LogP contribution in [0.1, 0.15) is 26.2 Å². The van der Waals surface area contributed by atoms with E-state index in [1.807, 2.05) is 18.2 Å². The van der Waals surface area contributed by atoms with Gasteiger partial charge in [-0.1, -0.05) is 6.92 Å². The lowest BCUT2D eigenvalue weighted by atomic mass is 9.78. The monoisotopic (exact) mass is 420 g/mol. The van der Waals surface area contributed by atoms with Crippen molar-refractivity contribution >= 4 is 26.8 Å². The third-order valence-corrected chi connectivity index (χ3v) is 7.06. The van der Waals surface area contributed by atoms with E-state index in [-0.39, 0.29) is 11.5 Å². The molecule has 2 aliphatic rings. The van der Waals surface area contributed by atoms with Gasteiger partial charge in [-0.3, -0.25) is 4.98 Å². The van der Waals surface area contributed by atoms with Crippen molar-refractivity contribution < 1.29 is 17.9 Å². The first-order chi connectivity index (χ1) is 13.7. The van der Waals surface area contributed by atoms with E-state index in [4.69, 9.17) is 14.6 Å². The van der Waals surface area contributed by atoms with Gasteiger partial charge in [-0.05, 0) is 31.4 Å².